The molecule has 1 atom stereocenters. The van der Waals surface area contributed by atoms with Gasteiger partial charge in [-0.15, -0.1) is 0 Å². The number of likely N-dealkylation sites (tertiary alicyclic amines) is 1. The van der Waals surface area contributed by atoms with E-state index in [1.54, 1.807) is 13.0 Å². The zero-order valence-electron chi connectivity index (χ0n) is 13.2. The molecule has 0 radical (unpaired) electrons. The Labute approximate surface area is 127 Å². The summed E-state index contributed by atoms with van der Waals surface area (Å²) in [5.74, 6) is -0.242. The maximum atomic E-state index is 13.5. The van der Waals surface area contributed by atoms with Gasteiger partial charge >= 0.3 is 0 Å². The summed E-state index contributed by atoms with van der Waals surface area (Å²) < 4.78 is 13.5. The summed E-state index contributed by atoms with van der Waals surface area (Å²) in [5, 5.41) is 10.2. The van der Waals surface area contributed by atoms with Gasteiger partial charge in [0.2, 0.25) is 0 Å². The molecule has 1 saturated heterocycles. The van der Waals surface area contributed by atoms with E-state index in [0.717, 1.165) is 19.6 Å². The van der Waals surface area contributed by atoms with Gasteiger partial charge < -0.3 is 14.9 Å². The van der Waals surface area contributed by atoms with Gasteiger partial charge in [0.05, 0.1) is 6.10 Å². The van der Waals surface area contributed by atoms with Crippen molar-refractivity contribution >= 4 is 0 Å². The van der Waals surface area contributed by atoms with E-state index in [2.05, 4.69) is 16.8 Å². The molecule has 1 heterocycles. The lowest BCUT2D eigenvalue weighted by atomic mass is 10.0. The predicted octanol–water partition coefficient (Wildman–Crippen LogP) is 2.59. The maximum absolute atomic E-state index is 13.5. The minimum absolute atomic E-state index is 0.242. The number of likely N-dealkylation sites (N-methyl/N-ethyl adjacent to an activating group) is 1. The molecule has 1 N–H and O–H groups in total. The molecule has 118 valence electrons. The summed E-state index contributed by atoms with van der Waals surface area (Å²) >= 11 is 0. The lowest BCUT2D eigenvalue weighted by Gasteiger charge is -2.22. The van der Waals surface area contributed by atoms with Crippen molar-refractivity contribution in [2.75, 3.05) is 39.8 Å². The Morgan fingerprint density at radius 3 is 2.67 bits per heavy atom. The predicted molar refractivity (Wildman–Crippen MR) is 83.9 cm³/mol. The number of hydrogen-bond donors (Lipinski definition) is 1. The zero-order chi connectivity index (χ0) is 15.2. The van der Waals surface area contributed by atoms with Crippen LogP contribution in [0.15, 0.2) is 18.2 Å². The lowest BCUT2D eigenvalue weighted by molar-refractivity contribution is 0.145. The Bertz CT molecular complexity index is 446. The molecule has 1 aromatic carbocycles. The Balaban J connectivity index is 1.71. The molecule has 4 heteroatoms. The van der Waals surface area contributed by atoms with Crippen molar-refractivity contribution in [3.8, 4) is 0 Å². The van der Waals surface area contributed by atoms with E-state index >= 15 is 0 Å². The van der Waals surface area contributed by atoms with Gasteiger partial charge in [-0.25, -0.2) is 4.39 Å². The van der Waals surface area contributed by atoms with Gasteiger partial charge in [0.25, 0.3) is 0 Å². The molecule has 0 amide bonds. The molecule has 1 aliphatic heterocycles. The smallest absolute Gasteiger partial charge is 0.126 e. The topological polar surface area (TPSA) is 26.7 Å². The maximum Gasteiger partial charge on any atom is 0.126 e. The third kappa shape index (κ3) is 5.06. The highest BCUT2D eigenvalue weighted by Crippen LogP contribution is 2.19. The average Bonchev–Trinajstić information content (AvgIpc) is 2.98. The molecule has 1 aliphatic rings. The molecule has 0 aliphatic carbocycles. The molecule has 1 aromatic rings. The van der Waals surface area contributed by atoms with Crippen LogP contribution < -0.4 is 0 Å². The van der Waals surface area contributed by atoms with Crippen molar-refractivity contribution in [3.05, 3.63) is 35.1 Å². The van der Waals surface area contributed by atoms with Gasteiger partial charge in [0.1, 0.15) is 5.82 Å². The molecule has 0 spiro atoms. The number of aliphatic hydroxyl groups excluding tert-OH is 1. The number of rotatable bonds is 7. The van der Waals surface area contributed by atoms with Gasteiger partial charge in [-0.1, -0.05) is 12.1 Å². The molecule has 2 rings (SSSR count). The monoisotopic (exact) mass is 294 g/mol. The summed E-state index contributed by atoms with van der Waals surface area (Å²) in [4.78, 5) is 4.73. The van der Waals surface area contributed by atoms with Gasteiger partial charge in [-0.3, -0.25) is 0 Å². The minimum atomic E-state index is -0.589. The van der Waals surface area contributed by atoms with E-state index in [9.17, 15) is 9.50 Å². The SMILES string of the molecule is Cc1ccc(C(O)CCN(C)CCN2CCCC2)cc1F. The molecule has 0 aromatic heterocycles. The van der Waals surface area contributed by atoms with Crippen molar-refractivity contribution in [1.82, 2.24) is 9.80 Å². The number of benzene rings is 1. The second-order valence-corrected chi connectivity index (χ2v) is 6.17. The largest absolute Gasteiger partial charge is 0.388 e. The van der Waals surface area contributed by atoms with E-state index in [4.69, 9.17) is 0 Å². The van der Waals surface area contributed by atoms with Crippen LogP contribution in [0, 0.1) is 12.7 Å². The number of aryl methyl sites for hydroxylation is 1. The summed E-state index contributed by atoms with van der Waals surface area (Å²) in [6.07, 6.45) is 2.69. The van der Waals surface area contributed by atoms with E-state index in [-0.39, 0.29) is 5.82 Å². The summed E-state index contributed by atoms with van der Waals surface area (Å²) in [5.41, 5.74) is 1.29. The van der Waals surface area contributed by atoms with Crippen molar-refractivity contribution in [2.45, 2.75) is 32.3 Å². The second kappa shape index (κ2) is 7.87. The van der Waals surface area contributed by atoms with Gasteiger partial charge in [0.15, 0.2) is 0 Å². The fourth-order valence-electron chi connectivity index (χ4n) is 2.76. The van der Waals surface area contributed by atoms with Crippen LogP contribution in [0.25, 0.3) is 0 Å². The Kier molecular flexibility index (Phi) is 6.15. The molecular weight excluding hydrogens is 267 g/mol. The standard InChI is InChI=1S/C17H27FN2O/c1-14-5-6-15(13-16(14)18)17(21)7-10-19(2)11-12-20-8-3-4-9-20/h5-6,13,17,21H,3-4,7-12H2,1-2H3. The quantitative estimate of drug-likeness (QED) is 0.837. The van der Waals surface area contributed by atoms with Crippen molar-refractivity contribution in [3.63, 3.8) is 0 Å². The van der Waals surface area contributed by atoms with Gasteiger partial charge in [0, 0.05) is 19.6 Å². The first-order valence-electron chi connectivity index (χ1n) is 7.91. The zero-order valence-corrected chi connectivity index (χ0v) is 13.2. The van der Waals surface area contributed by atoms with Crippen molar-refractivity contribution in [2.24, 2.45) is 0 Å². The number of nitrogens with zero attached hydrogens (tertiary/aromatic N) is 2. The van der Waals surface area contributed by atoms with Crippen LogP contribution in [0.3, 0.4) is 0 Å². The lowest BCUT2D eigenvalue weighted by Crippen LogP contribution is -2.32. The first-order valence-corrected chi connectivity index (χ1v) is 7.91. The first-order chi connectivity index (χ1) is 10.1. The highest BCUT2D eigenvalue weighted by atomic mass is 19.1. The fourth-order valence-corrected chi connectivity index (χ4v) is 2.76. The second-order valence-electron chi connectivity index (χ2n) is 6.17. The van der Waals surface area contributed by atoms with Crippen LogP contribution in [0.2, 0.25) is 0 Å². The number of halogens is 1. The molecule has 0 saturated carbocycles. The van der Waals surface area contributed by atoms with E-state index < -0.39 is 6.10 Å². The third-order valence-corrected chi connectivity index (χ3v) is 4.36. The van der Waals surface area contributed by atoms with E-state index in [1.165, 1.54) is 32.0 Å². The normalized spacial score (nSPS) is 17.6. The average molecular weight is 294 g/mol. The number of aliphatic hydroxyl groups is 1. The van der Waals surface area contributed by atoms with Crippen LogP contribution in [-0.4, -0.2) is 54.7 Å². The highest BCUT2D eigenvalue weighted by molar-refractivity contribution is 5.24. The summed E-state index contributed by atoms with van der Waals surface area (Å²) in [6.45, 7) is 7.13. The fraction of sp³-hybridized carbons (Fsp3) is 0.647. The molecule has 0 bridgehead atoms. The Morgan fingerprint density at radius 1 is 1.29 bits per heavy atom. The van der Waals surface area contributed by atoms with Crippen molar-refractivity contribution in [1.29, 1.82) is 0 Å². The van der Waals surface area contributed by atoms with E-state index in [1.807, 2.05) is 6.07 Å². The van der Waals surface area contributed by atoms with Crippen LogP contribution >= 0.6 is 0 Å². The van der Waals surface area contributed by atoms with Crippen LogP contribution in [0.1, 0.15) is 36.5 Å². The first kappa shape index (κ1) is 16.4. The minimum Gasteiger partial charge on any atom is -0.388 e. The molecular formula is C17H27FN2O. The third-order valence-electron chi connectivity index (χ3n) is 4.36. The molecule has 1 unspecified atom stereocenters. The summed E-state index contributed by atoms with van der Waals surface area (Å²) in [6, 6.07) is 4.99. The van der Waals surface area contributed by atoms with Gasteiger partial charge in [-0.2, -0.15) is 0 Å². The number of hydrogen-bond acceptors (Lipinski definition) is 3. The van der Waals surface area contributed by atoms with Gasteiger partial charge in [-0.05, 0) is 63.5 Å². The van der Waals surface area contributed by atoms with Crippen molar-refractivity contribution < 1.29 is 9.50 Å². The molecule has 1 fully saturated rings. The molecule has 3 nitrogen and oxygen atoms in total. The van der Waals surface area contributed by atoms with Crippen LogP contribution in [0.4, 0.5) is 4.39 Å². The van der Waals surface area contributed by atoms with E-state index in [0.29, 0.717) is 17.5 Å². The Hall–Kier alpha value is -0.970. The van der Waals surface area contributed by atoms with Crippen LogP contribution in [0.5, 0.6) is 0 Å². The summed E-state index contributed by atoms with van der Waals surface area (Å²) in [7, 11) is 2.08. The Morgan fingerprint density at radius 2 is 2.00 bits per heavy atom. The van der Waals surface area contributed by atoms with Crippen LogP contribution in [-0.2, 0) is 0 Å². The highest BCUT2D eigenvalue weighted by Gasteiger charge is 2.13. The molecule has 21 heavy (non-hydrogen) atoms.